The van der Waals surface area contributed by atoms with E-state index in [4.69, 9.17) is 0 Å². The second-order valence-electron chi connectivity index (χ2n) is 6.45. The van der Waals surface area contributed by atoms with Gasteiger partial charge in [-0.25, -0.2) is 0 Å². The summed E-state index contributed by atoms with van der Waals surface area (Å²) >= 11 is 0. The van der Waals surface area contributed by atoms with E-state index in [0.29, 0.717) is 0 Å². The molecule has 2 nitrogen and oxygen atoms in total. The van der Waals surface area contributed by atoms with Gasteiger partial charge in [0.1, 0.15) is 0 Å². The van der Waals surface area contributed by atoms with Crippen LogP contribution in [0.1, 0.15) is 23.6 Å². The Morgan fingerprint density at radius 3 is 2.90 bits per heavy atom. The van der Waals surface area contributed by atoms with Gasteiger partial charge >= 0.3 is 0 Å². The average molecular weight is 278 g/mol. The first-order chi connectivity index (χ1) is 10.3. The van der Waals surface area contributed by atoms with Crippen LogP contribution in [0.3, 0.4) is 0 Å². The van der Waals surface area contributed by atoms with Crippen LogP contribution < -0.4 is 10.2 Å². The molecular formula is C19H22N2. The Morgan fingerprint density at radius 1 is 1.10 bits per heavy atom. The highest BCUT2D eigenvalue weighted by Gasteiger charge is 2.23. The van der Waals surface area contributed by atoms with Gasteiger partial charge in [-0.3, -0.25) is 0 Å². The number of para-hydroxylation sites is 2. The Hall–Kier alpha value is -1.96. The highest BCUT2D eigenvalue weighted by Crippen LogP contribution is 2.33. The molecule has 0 aromatic heterocycles. The van der Waals surface area contributed by atoms with Crippen molar-refractivity contribution in [2.45, 2.75) is 26.3 Å². The van der Waals surface area contributed by atoms with Gasteiger partial charge < -0.3 is 10.2 Å². The van der Waals surface area contributed by atoms with Gasteiger partial charge in [0.15, 0.2) is 0 Å². The molecule has 0 saturated heterocycles. The maximum Gasteiger partial charge on any atom is 0.0450 e. The van der Waals surface area contributed by atoms with E-state index in [2.05, 4.69) is 59.6 Å². The lowest BCUT2D eigenvalue weighted by atomic mass is 9.93. The summed E-state index contributed by atoms with van der Waals surface area (Å²) in [6, 6.07) is 15.6. The van der Waals surface area contributed by atoms with E-state index in [1.54, 1.807) is 0 Å². The minimum Gasteiger partial charge on any atom is -0.384 e. The number of hydrogen-bond acceptors (Lipinski definition) is 2. The van der Waals surface area contributed by atoms with E-state index in [-0.39, 0.29) is 0 Å². The van der Waals surface area contributed by atoms with Gasteiger partial charge in [0.25, 0.3) is 0 Å². The maximum absolute atomic E-state index is 3.57. The first-order valence-corrected chi connectivity index (χ1v) is 7.99. The molecule has 2 aromatic rings. The Balaban J connectivity index is 1.68. The van der Waals surface area contributed by atoms with E-state index in [0.717, 1.165) is 32.0 Å². The summed E-state index contributed by atoms with van der Waals surface area (Å²) in [5.74, 6) is 0.726. The molecule has 4 rings (SSSR count). The lowest BCUT2D eigenvalue weighted by Crippen LogP contribution is -2.33. The number of nitrogens with one attached hydrogen (secondary N) is 1. The summed E-state index contributed by atoms with van der Waals surface area (Å²) in [6.45, 7) is 5.61. The monoisotopic (exact) mass is 278 g/mol. The molecule has 0 radical (unpaired) electrons. The smallest absolute Gasteiger partial charge is 0.0450 e. The molecule has 0 bridgehead atoms. The van der Waals surface area contributed by atoms with Crippen LogP contribution in [0.25, 0.3) is 0 Å². The lowest BCUT2D eigenvalue weighted by molar-refractivity contribution is 0.530. The Bertz CT molecular complexity index is 662. The molecule has 2 aliphatic heterocycles. The van der Waals surface area contributed by atoms with E-state index in [9.17, 15) is 0 Å². The van der Waals surface area contributed by atoms with Crippen LogP contribution in [-0.2, 0) is 19.4 Å². The Morgan fingerprint density at radius 2 is 1.95 bits per heavy atom. The van der Waals surface area contributed by atoms with Crippen LogP contribution in [0, 0.1) is 5.92 Å². The summed E-state index contributed by atoms with van der Waals surface area (Å²) in [4.78, 5) is 2.55. The summed E-state index contributed by atoms with van der Waals surface area (Å²) in [5.41, 5.74) is 7.22. The molecule has 108 valence electrons. The van der Waals surface area contributed by atoms with Gasteiger partial charge in [-0.15, -0.1) is 0 Å². The zero-order valence-electron chi connectivity index (χ0n) is 12.6. The van der Waals surface area contributed by atoms with E-state index in [1.807, 2.05) is 0 Å². The lowest BCUT2D eigenvalue weighted by Gasteiger charge is -2.35. The van der Waals surface area contributed by atoms with Crippen molar-refractivity contribution in [3.05, 3.63) is 59.2 Å². The van der Waals surface area contributed by atoms with Crippen LogP contribution in [0.5, 0.6) is 0 Å². The normalized spacial score (nSPS) is 19.9. The van der Waals surface area contributed by atoms with Gasteiger partial charge in [-0.05, 0) is 41.5 Å². The van der Waals surface area contributed by atoms with Crippen molar-refractivity contribution in [3.8, 4) is 0 Å². The molecule has 0 fully saturated rings. The zero-order chi connectivity index (χ0) is 14.2. The summed E-state index contributed by atoms with van der Waals surface area (Å²) in [5, 5.41) is 3.57. The minimum atomic E-state index is 0.726. The zero-order valence-corrected chi connectivity index (χ0v) is 12.6. The second kappa shape index (κ2) is 5.10. The van der Waals surface area contributed by atoms with Crippen LogP contribution in [0.4, 0.5) is 11.4 Å². The predicted molar refractivity (Wildman–Crippen MR) is 89.0 cm³/mol. The molecule has 0 spiro atoms. The molecule has 2 aliphatic rings. The molecule has 1 unspecified atom stereocenters. The van der Waals surface area contributed by atoms with Crippen LogP contribution in [0.15, 0.2) is 42.5 Å². The molecule has 0 aliphatic carbocycles. The molecule has 0 amide bonds. The van der Waals surface area contributed by atoms with Gasteiger partial charge in [-0.2, -0.15) is 0 Å². The number of hydrogen-bond donors (Lipinski definition) is 1. The average Bonchev–Trinajstić information content (AvgIpc) is 2.96. The third-order valence-electron chi connectivity index (χ3n) is 4.73. The topological polar surface area (TPSA) is 15.3 Å². The molecule has 2 aromatic carbocycles. The maximum atomic E-state index is 3.57. The van der Waals surface area contributed by atoms with Crippen LogP contribution in [0.2, 0.25) is 0 Å². The van der Waals surface area contributed by atoms with E-state index in [1.165, 1.54) is 34.5 Å². The molecule has 2 heterocycles. The van der Waals surface area contributed by atoms with Crippen molar-refractivity contribution < 1.29 is 0 Å². The first-order valence-electron chi connectivity index (χ1n) is 7.99. The third-order valence-corrected chi connectivity index (χ3v) is 4.73. The van der Waals surface area contributed by atoms with Gasteiger partial charge in [-0.1, -0.05) is 43.3 Å². The Kier molecular flexibility index (Phi) is 3.10. The minimum absolute atomic E-state index is 0.726. The summed E-state index contributed by atoms with van der Waals surface area (Å²) in [6.07, 6.45) is 2.37. The fourth-order valence-corrected chi connectivity index (χ4v) is 3.80. The first kappa shape index (κ1) is 12.8. The van der Waals surface area contributed by atoms with Crippen molar-refractivity contribution in [3.63, 3.8) is 0 Å². The van der Waals surface area contributed by atoms with Gasteiger partial charge in [0.2, 0.25) is 0 Å². The molecule has 1 atom stereocenters. The SMILES string of the molecule is CC1Cc2ccccc2N(Cc2cccc3c2NCC3)C1. The highest BCUT2D eigenvalue weighted by atomic mass is 15.1. The van der Waals surface area contributed by atoms with E-state index < -0.39 is 0 Å². The van der Waals surface area contributed by atoms with Crippen molar-refractivity contribution in [1.29, 1.82) is 0 Å². The van der Waals surface area contributed by atoms with Crippen molar-refractivity contribution in [2.24, 2.45) is 5.92 Å². The largest absolute Gasteiger partial charge is 0.384 e. The fourth-order valence-electron chi connectivity index (χ4n) is 3.80. The summed E-state index contributed by atoms with van der Waals surface area (Å²) in [7, 11) is 0. The molecular weight excluding hydrogens is 256 g/mol. The molecule has 21 heavy (non-hydrogen) atoms. The number of rotatable bonds is 2. The van der Waals surface area contributed by atoms with Crippen molar-refractivity contribution in [1.82, 2.24) is 0 Å². The van der Waals surface area contributed by atoms with E-state index >= 15 is 0 Å². The van der Waals surface area contributed by atoms with Crippen molar-refractivity contribution >= 4 is 11.4 Å². The number of nitrogens with zero attached hydrogens (tertiary/aromatic N) is 1. The number of benzene rings is 2. The third kappa shape index (κ3) is 2.29. The quantitative estimate of drug-likeness (QED) is 0.897. The number of anilines is 2. The predicted octanol–water partition coefficient (Wildman–Crippen LogP) is 3.85. The van der Waals surface area contributed by atoms with Crippen molar-refractivity contribution in [2.75, 3.05) is 23.3 Å². The van der Waals surface area contributed by atoms with Crippen LogP contribution >= 0.6 is 0 Å². The highest BCUT2D eigenvalue weighted by molar-refractivity contribution is 5.63. The summed E-state index contributed by atoms with van der Waals surface area (Å²) < 4.78 is 0. The second-order valence-corrected chi connectivity index (χ2v) is 6.45. The molecule has 1 N–H and O–H groups in total. The van der Waals surface area contributed by atoms with Gasteiger partial charge in [0.05, 0.1) is 0 Å². The standard InChI is InChI=1S/C19H22N2/c1-14-11-16-5-2-3-8-18(16)21(12-14)13-17-7-4-6-15-9-10-20-19(15)17/h2-8,14,20H,9-13H2,1H3. The van der Waals surface area contributed by atoms with Crippen LogP contribution in [-0.4, -0.2) is 13.1 Å². The molecule has 2 heteroatoms. The number of fused-ring (bicyclic) bond motifs is 2. The fraction of sp³-hybridized carbons (Fsp3) is 0.368. The molecule has 0 saturated carbocycles. The Labute approximate surface area is 126 Å². The van der Waals surface area contributed by atoms with Gasteiger partial charge in [0, 0.05) is 31.0 Å².